The maximum absolute atomic E-state index is 13.1. The number of piperidine rings is 1. The molecule has 7 heteroatoms. The van der Waals surface area contributed by atoms with E-state index in [1.165, 1.54) is 4.63 Å². The predicted molar refractivity (Wildman–Crippen MR) is 155 cm³/mol. The van der Waals surface area contributed by atoms with Crippen LogP contribution in [0.3, 0.4) is 0 Å². The Morgan fingerprint density at radius 3 is 2.31 bits per heavy atom. The molecule has 0 radical (unpaired) electrons. The zero-order valence-electron chi connectivity index (χ0n) is 24.1. The fraction of sp³-hybridized carbons (Fsp3) is 0.724. The van der Waals surface area contributed by atoms with E-state index in [1.807, 2.05) is 49.1 Å². The lowest BCUT2D eigenvalue weighted by molar-refractivity contribution is -0.0111. The number of carbonyl (C=O) groups excluding carboxylic acids is 1. The third-order valence-corrected chi connectivity index (χ3v) is 17.1. The van der Waals surface area contributed by atoms with Crippen LogP contribution >= 0.6 is 11.3 Å². The monoisotopic (exact) mass is 532 g/mol. The highest BCUT2D eigenvalue weighted by Gasteiger charge is 2.47. The van der Waals surface area contributed by atoms with Crippen molar-refractivity contribution in [2.45, 2.75) is 135 Å². The van der Waals surface area contributed by atoms with Gasteiger partial charge < -0.3 is 14.7 Å². The number of fused-ring (bicyclic) bond motifs is 1. The summed E-state index contributed by atoms with van der Waals surface area (Å²) in [5, 5.41) is 11.5. The van der Waals surface area contributed by atoms with Crippen LogP contribution in [0.4, 0.5) is 4.79 Å². The molecule has 1 aromatic carbocycles. The summed E-state index contributed by atoms with van der Waals surface area (Å²) in [5.41, 5.74) is 3.14. The Labute approximate surface area is 223 Å². The molecule has 0 bridgehead atoms. The van der Waals surface area contributed by atoms with Crippen LogP contribution in [0.1, 0.15) is 107 Å². The molecule has 1 aromatic heterocycles. The molecule has 0 aliphatic carbocycles. The summed E-state index contributed by atoms with van der Waals surface area (Å²) in [6.07, 6.45) is 2.48. The van der Waals surface area contributed by atoms with Crippen molar-refractivity contribution < 1.29 is 14.6 Å². The molecule has 3 atom stereocenters. The number of amides is 1. The van der Waals surface area contributed by atoms with Crippen molar-refractivity contribution in [3.63, 3.8) is 0 Å². The number of benzene rings is 1. The van der Waals surface area contributed by atoms with E-state index in [1.54, 1.807) is 0 Å². The molecule has 1 aliphatic heterocycles. The average molecular weight is 533 g/mol. The minimum absolute atomic E-state index is 0.0447. The van der Waals surface area contributed by atoms with Gasteiger partial charge in [0, 0.05) is 12.1 Å². The SMILES string of the molecule is CC1CCCC(CC(O)c2cccc3nc([Si](C(C)C)(C(C)C)C(C)C)sc23)N1C(=O)OC(C)(C)C. The van der Waals surface area contributed by atoms with Crippen LogP contribution in [-0.2, 0) is 4.74 Å². The van der Waals surface area contributed by atoms with E-state index in [4.69, 9.17) is 9.72 Å². The minimum Gasteiger partial charge on any atom is -0.444 e. The summed E-state index contributed by atoms with van der Waals surface area (Å²) in [4.78, 5) is 20.2. The van der Waals surface area contributed by atoms with Gasteiger partial charge in [-0.3, -0.25) is 0 Å². The van der Waals surface area contributed by atoms with Crippen LogP contribution in [0.2, 0.25) is 16.6 Å². The Balaban J connectivity index is 1.96. The van der Waals surface area contributed by atoms with Crippen LogP contribution in [0.15, 0.2) is 18.2 Å². The molecule has 1 saturated heterocycles. The van der Waals surface area contributed by atoms with E-state index >= 15 is 0 Å². The summed E-state index contributed by atoms with van der Waals surface area (Å²) < 4.78 is 8.15. The molecular weight excluding hydrogens is 484 g/mol. The average Bonchev–Trinajstić information content (AvgIpc) is 3.15. The maximum Gasteiger partial charge on any atom is 0.410 e. The van der Waals surface area contributed by atoms with Crippen molar-refractivity contribution >= 4 is 40.4 Å². The molecule has 1 N–H and O–H groups in total. The lowest BCUT2D eigenvalue weighted by Gasteiger charge is -2.42. The number of ether oxygens (including phenoxy) is 1. The molecule has 3 unspecified atom stereocenters. The first-order valence-corrected chi connectivity index (χ1v) is 16.8. The highest BCUT2D eigenvalue weighted by atomic mass is 32.1. The van der Waals surface area contributed by atoms with Crippen LogP contribution in [-0.4, -0.2) is 46.8 Å². The third kappa shape index (κ3) is 5.68. The number of aliphatic hydroxyl groups excluding tert-OH is 1. The summed E-state index contributed by atoms with van der Waals surface area (Å²) in [7, 11) is -1.89. The van der Waals surface area contributed by atoms with E-state index in [-0.39, 0.29) is 18.2 Å². The van der Waals surface area contributed by atoms with E-state index in [2.05, 4.69) is 54.5 Å². The number of aliphatic hydroxyl groups is 1. The van der Waals surface area contributed by atoms with Crippen molar-refractivity contribution in [3.05, 3.63) is 23.8 Å². The first-order valence-electron chi connectivity index (χ1n) is 13.8. The van der Waals surface area contributed by atoms with Gasteiger partial charge in [0.2, 0.25) is 0 Å². The Morgan fingerprint density at radius 1 is 1.14 bits per heavy atom. The normalized spacial score (nSPS) is 20.6. The molecule has 1 aliphatic rings. The number of nitrogens with zero attached hydrogens (tertiary/aromatic N) is 2. The Hall–Kier alpha value is -1.44. The molecule has 3 rings (SSSR count). The second kappa shape index (κ2) is 11.1. The van der Waals surface area contributed by atoms with Gasteiger partial charge >= 0.3 is 6.09 Å². The van der Waals surface area contributed by atoms with E-state index in [9.17, 15) is 9.90 Å². The van der Waals surface area contributed by atoms with Gasteiger partial charge in [-0.1, -0.05) is 53.7 Å². The summed E-state index contributed by atoms with van der Waals surface area (Å²) in [6, 6.07) is 6.20. The number of hydrogen-bond donors (Lipinski definition) is 1. The molecule has 5 nitrogen and oxygen atoms in total. The fourth-order valence-electron chi connectivity index (χ4n) is 6.71. The minimum atomic E-state index is -1.89. The molecule has 202 valence electrons. The zero-order valence-corrected chi connectivity index (χ0v) is 25.9. The standard InChI is InChI=1S/C29H48N2O3SSi/c1-18(2)36(19(3)4,20(5)6)27-30-24-16-12-15-23(26(24)35-27)25(32)17-22-14-11-13-21(7)31(22)28(33)34-29(8,9)10/h12,15-16,18-22,25,32H,11,13-14,17H2,1-10H3. The van der Waals surface area contributed by atoms with Crippen LogP contribution < -0.4 is 4.63 Å². The Kier molecular flexibility index (Phi) is 8.99. The number of thiazole rings is 1. The second-order valence-corrected chi connectivity index (χ2v) is 19.8. The molecule has 2 aromatic rings. The van der Waals surface area contributed by atoms with Crippen molar-refractivity contribution in [3.8, 4) is 0 Å². The van der Waals surface area contributed by atoms with Gasteiger partial charge in [-0.2, -0.15) is 0 Å². The van der Waals surface area contributed by atoms with Crippen LogP contribution in [0.25, 0.3) is 10.2 Å². The fourth-order valence-corrected chi connectivity index (χ4v) is 16.5. The summed E-state index contributed by atoms with van der Waals surface area (Å²) in [6.45, 7) is 22.0. The molecular formula is C29H48N2O3SSi. The first-order chi connectivity index (χ1) is 16.7. The number of hydrogen-bond acceptors (Lipinski definition) is 5. The predicted octanol–water partition coefficient (Wildman–Crippen LogP) is 7.78. The lowest BCUT2D eigenvalue weighted by Crippen LogP contribution is -2.55. The first kappa shape index (κ1) is 29.1. The summed E-state index contributed by atoms with van der Waals surface area (Å²) >= 11 is 1.81. The van der Waals surface area contributed by atoms with Gasteiger partial charge in [0.25, 0.3) is 0 Å². The quantitative estimate of drug-likeness (QED) is 0.370. The number of aromatic nitrogens is 1. The highest BCUT2D eigenvalue weighted by Crippen LogP contribution is 2.43. The van der Waals surface area contributed by atoms with Crippen molar-refractivity contribution in [1.29, 1.82) is 0 Å². The van der Waals surface area contributed by atoms with Gasteiger partial charge in [-0.05, 0) is 81.6 Å². The van der Waals surface area contributed by atoms with Crippen molar-refractivity contribution in [2.24, 2.45) is 0 Å². The van der Waals surface area contributed by atoms with Gasteiger partial charge in [-0.15, -0.1) is 11.3 Å². The van der Waals surface area contributed by atoms with Crippen LogP contribution in [0, 0.1) is 0 Å². The largest absolute Gasteiger partial charge is 0.444 e. The smallest absolute Gasteiger partial charge is 0.410 e. The molecule has 36 heavy (non-hydrogen) atoms. The second-order valence-electron chi connectivity index (χ2n) is 12.7. The third-order valence-electron chi connectivity index (χ3n) is 8.17. The van der Waals surface area contributed by atoms with E-state index in [0.29, 0.717) is 23.0 Å². The molecule has 0 spiro atoms. The molecule has 1 amide bonds. The topological polar surface area (TPSA) is 62.7 Å². The number of likely N-dealkylation sites (tertiary alicyclic amines) is 1. The Bertz CT molecular complexity index is 1020. The number of carbonyl (C=O) groups is 1. The van der Waals surface area contributed by atoms with Gasteiger partial charge in [-0.25, -0.2) is 9.78 Å². The summed E-state index contributed by atoms with van der Waals surface area (Å²) in [5.74, 6) is 0. The Morgan fingerprint density at radius 2 is 1.75 bits per heavy atom. The maximum atomic E-state index is 13.1. The zero-order chi connectivity index (χ0) is 27.0. The van der Waals surface area contributed by atoms with Crippen LogP contribution in [0.5, 0.6) is 0 Å². The van der Waals surface area contributed by atoms with Gasteiger partial charge in [0.15, 0.2) is 0 Å². The van der Waals surface area contributed by atoms with E-state index < -0.39 is 19.8 Å². The van der Waals surface area contributed by atoms with Crippen molar-refractivity contribution in [1.82, 2.24) is 9.88 Å². The molecule has 2 heterocycles. The number of rotatable bonds is 7. The van der Waals surface area contributed by atoms with Gasteiger partial charge in [0.05, 0.1) is 21.0 Å². The lowest BCUT2D eigenvalue weighted by atomic mass is 9.91. The molecule has 0 saturated carbocycles. The highest BCUT2D eigenvalue weighted by molar-refractivity contribution is 7.31. The van der Waals surface area contributed by atoms with E-state index in [0.717, 1.165) is 35.0 Å². The van der Waals surface area contributed by atoms with Crippen molar-refractivity contribution in [2.75, 3.05) is 0 Å². The molecule has 1 fully saturated rings. The van der Waals surface area contributed by atoms with Gasteiger partial charge in [0.1, 0.15) is 13.7 Å².